The van der Waals surface area contributed by atoms with Gasteiger partial charge in [0.1, 0.15) is 11.6 Å². The Labute approximate surface area is 189 Å². The minimum Gasteiger partial charge on any atom is -0.497 e. The van der Waals surface area contributed by atoms with E-state index in [1.165, 1.54) is 11.6 Å². The summed E-state index contributed by atoms with van der Waals surface area (Å²) in [5.41, 5.74) is 4.88. The van der Waals surface area contributed by atoms with Crippen molar-refractivity contribution in [2.75, 3.05) is 26.8 Å². The number of benzene rings is 2. The Balaban J connectivity index is 1.48. The lowest BCUT2D eigenvalue weighted by Crippen LogP contribution is -2.43. The summed E-state index contributed by atoms with van der Waals surface area (Å²) in [6.45, 7) is 6.52. The molecule has 0 aliphatic carbocycles. The molecule has 2 heterocycles. The second-order valence-corrected chi connectivity index (χ2v) is 9.07. The molecule has 1 aliphatic rings. The Bertz CT molecular complexity index is 1070. The zero-order valence-electron chi connectivity index (χ0n) is 19.1. The molecule has 2 aromatic carbocycles. The lowest BCUT2D eigenvalue weighted by atomic mass is 9.74. The van der Waals surface area contributed by atoms with Crippen LogP contribution in [-0.4, -0.2) is 46.6 Å². The van der Waals surface area contributed by atoms with Gasteiger partial charge in [0.05, 0.1) is 18.5 Å². The van der Waals surface area contributed by atoms with Crippen molar-refractivity contribution in [3.63, 3.8) is 0 Å². The van der Waals surface area contributed by atoms with Gasteiger partial charge in [0, 0.05) is 18.8 Å². The first-order valence-corrected chi connectivity index (χ1v) is 11.2. The van der Waals surface area contributed by atoms with Crippen LogP contribution in [0.1, 0.15) is 35.4 Å². The fraction of sp³-hybridized carbons (Fsp3) is 0.423. The molecule has 4 rings (SSSR count). The normalized spacial score (nSPS) is 16.3. The van der Waals surface area contributed by atoms with Crippen molar-refractivity contribution in [2.45, 2.75) is 39.7 Å². The number of aliphatic hydroxyl groups is 1. The van der Waals surface area contributed by atoms with Gasteiger partial charge < -0.3 is 9.84 Å². The fourth-order valence-electron chi connectivity index (χ4n) is 4.79. The van der Waals surface area contributed by atoms with E-state index < -0.39 is 0 Å². The van der Waals surface area contributed by atoms with E-state index in [-0.39, 0.29) is 17.8 Å². The summed E-state index contributed by atoms with van der Waals surface area (Å²) in [4.78, 5) is 2.35. The minimum atomic E-state index is -0.231. The third-order valence-electron chi connectivity index (χ3n) is 6.64. The van der Waals surface area contributed by atoms with Gasteiger partial charge in [-0.2, -0.15) is 5.10 Å². The number of nitrogens with zero attached hydrogens (tertiary/aromatic N) is 3. The van der Waals surface area contributed by atoms with E-state index in [9.17, 15) is 9.50 Å². The SMILES string of the molecule is COc1cccc(CC2(CO)CCN(Cc3cc(F)ccc3-n3nc(C)cc3C)CC2)c1. The third kappa shape index (κ3) is 4.87. The van der Waals surface area contributed by atoms with Gasteiger partial charge in [-0.25, -0.2) is 9.07 Å². The molecular formula is C26H32FN3O2. The molecule has 5 nitrogen and oxygen atoms in total. The Morgan fingerprint density at radius 1 is 1.09 bits per heavy atom. The molecule has 0 unspecified atom stereocenters. The molecule has 1 fully saturated rings. The Hall–Kier alpha value is -2.70. The molecule has 3 aromatic rings. The summed E-state index contributed by atoms with van der Waals surface area (Å²) >= 11 is 0. The van der Waals surface area contributed by atoms with Crippen LogP contribution in [0.4, 0.5) is 4.39 Å². The smallest absolute Gasteiger partial charge is 0.123 e. The molecule has 0 spiro atoms. The largest absolute Gasteiger partial charge is 0.497 e. The highest BCUT2D eigenvalue weighted by atomic mass is 19.1. The number of hydrogen-bond acceptors (Lipinski definition) is 4. The van der Waals surface area contributed by atoms with Gasteiger partial charge in [-0.05, 0) is 99.1 Å². The number of halogens is 1. The number of aliphatic hydroxyl groups excluding tert-OH is 1. The van der Waals surface area contributed by atoms with Crippen molar-refractivity contribution in [2.24, 2.45) is 5.41 Å². The summed E-state index contributed by atoms with van der Waals surface area (Å²) in [6, 6.07) is 15.1. The van der Waals surface area contributed by atoms with Gasteiger partial charge in [-0.3, -0.25) is 4.90 Å². The predicted molar refractivity (Wildman–Crippen MR) is 124 cm³/mol. The number of hydrogen-bond donors (Lipinski definition) is 1. The molecule has 1 N–H and O–H groups in total. The Morgan fingerprint density at radius 3 is 2.53 bits per heavy atom. The van der Waals surface area contributed by atoms with Crippen LogP contribution < -0.4 is 4.74 Å². The summed E-state index contributed by atoms with van der Waals surface area (Å²) < 4.78 is 21.4. The van der Waals surface area contributed by atoms with Crippen molar-refractivity contribution in [1.82, 2.24) is 14.7 Å². The number of ether oxygens (including phenoxy) is 1. The van der Waals surface area contributed by atoms with Gasteiger partial charge in [0.15, 0.2) is 0 Å². The number of methoxy groups -OCH3 is 1. The molecule has 0 bridgehead atoms. The van der Waals surface area contributed by atoms with E-state index in [1.54, 1.807) is 13.2 Å². The van der Waals surface area contributed by atoms with E-state index in [0.29, 0.717) is 6.54 Å². The standard InChI is InChI=1S/C26H32FN3O2/c1-19-13-20(2)30(28-19)25-8-7-23(27)15-22(25)17-29-11-9-26(18-31,10-12-29)16-21-5-4-6-24(14-21)32-3/h4-8,13-15,31H,9-12,16-18H2,1-3H3. The van der Waals surface area contributed by atoms with Crippen molar-refractivity contribution < 1.29 is 14.2 Å². The van der Waals surface area contributed by atoms with Crippen LogP contribution in [0.2, 0.25) is 0 Å². The average molecular weight is 438 g/mol. The highest BCUT2D eigenvalue weighted by Gasteiger charge is 2.34. The number of aryl methyl sites for hydroxylation is 2. The highest BCUT2D eigenvalue weighted by molar-refractivity contribution is 5.42. The lowest BCUT2D eigenvalue weighted by molar-refractivity contribution is 0.0413. The third-order valence-corrected chi connectivity index (χ3v) is 6.64. The van der Waals surface area contributed by atoms with Crippen LogP contribution in [0.5, 0.6) is 5.75 Å². The maximum Gasteiger partial charge on any atom is 0.123 e. The summed E-state index contributed by atoms with van der Waals surface area (Å²) in [6.07, 6.45) is 2.61. The van der Waals surface area contributed by atoms with Gasteiger partial charge in [0.25, 0.3) is 0 Å². The molecule has 0 amide bonds. The second kappa shape index (κ2) is 9.43. The van der Waals surface area contributed by atoms with Crippen LogP contribution in [-0.2, 0) is 13.0 Å². The van der Waals surface area contributed by atoms with E-state index >= 15 is 0 Å². The number of piperidine rings is 1. The molecule has 1 saturated heterocycles. The first-order valence-electron chi connectivity index (χ1n) is 11.2. The molecule has 32 heavy (non-hydrogen) atoms. The molecule has 0 saturated carbocycles. The average Bonchev–Trinajstić information content (AvgIpc) is 3.13. The zero-order valence-corrected chi connectivity index (χ0v) is 19.1. The van der Waals surface area contributed by atoms with Gasteiger partial charge >= 0.3 is 0 Å². The van der Waals surface area contributed by atoms with Crippen molar-refractivity contribution >= 4 is 0 Å². The fourth-order valence-corrected chi connectivity index (χ4v) is 4.79. The minimum absolute atomic E-state index is 0.136. The monoisotopic (exact) mass is 437 g/mol. The van der Waals surface area contributed by atoms with Gasteiger partial charge in [0.2, 0.25) is 0 Å². The van der Waals surface area contributed by atoms with Gasteiger partial charge in [-0.1, -0.05) is 12.1 Å². The highest BCUT2D eigenvalue weighted by Crippen LogP contribution is 2.36. The number of aromatic nitrogens is 2. The van der Waals surface area contributed by atoms with E-state index in [1.807, 2.05) is 42.8 Å². The maximum atomic E-state index is 14.1. The first-order chi connectivity index (χ1) is 15.4. The van der Waals surface area contributed by atoms with E-state index in [4.69, 9.17) is 4.74 Å². The molecule has 0 radical (unpaired) electrons. The summed E-state index contributed by atoms with van der Waals surface area (Å²) in [5.74, 6) is 0.612. The summed E-state index contributed by atoms with van der Waals surface area (Å²) in [5, 5.41) is 14.8. The second-order valence-electron chi connectivity index (χ2n) is 9.07. The molecule has 0 atom stereocenters. The first kappa shape index (κ1) is 22.5. The molecular weight excluding hydrogens is 405 g/mol. The van der Waals surface area contributed by atoms with Crippen molar-refractivity contribution in [1.29, 1.82) is 0 Å². The Morgan fingerprint density at radius 2 is 1.88 bits per heavy atom. The van der Waals surface area contributed by atoms with Crippen LogP contribution in [0.3, 0.4) is 0 Å². The zero-order chi connectivity index (χ0) is 22.7. The van der Waals surface area contributed by atoms with Crippen molar-refractivity contribution in [3.05, 3.63) is 76.9 Å². The number of rotatable bonds is 7. The van der Waals surface area contributed by atoms with Gasteiger partial charge in [-0.15, -0.1) is 0 Å². The molecule has 170 valence electrons. The lowest BCUT2D eigenvalue weighted by Gasteiger charge is -2.41. The van der Waals surface area contributed by atoms with Crippen LogP contribution in [0.15, 0.2) is 48.5 Å². The number of likely N-dealkylation sites (tertiary alicyclic amines) is 1. The van der Waals surface area contributed by atoms with E-state index in [0.717, 1.165) is 60.7 Å². The maximum absolute atomic E-state index is 14.1. The molecule has 1 aromatic heterocycles. The Kier molecular flexibility index (Phi) is 6.63. The van der Waals surface area contributed by atoms with Crippen LogP contribution >= 0.6 is 0 Å². The van der Waals surface area contributed by atoms with Crippen LogP contribution in [0.25, 0.3) is 5.69 Å². The van der Waals surface area contributed by atoms with E-state index in [2.05, 4.69) is 22.1 Å². The summed E-state index contributed by atoms with van der Waals surface area (Å²) in [7, 11) is 1.67. The predicted octanol–water partition coefficient (Wildman–Crippen LogP) is 4.45. The van der Waals surface area contributed by atoms with Crippen molar-refractivity contribution in [3.8, 4) is 11.4 Å². The molecule has 6 heteroatoms. The molecule has 1 aliphatic heterocycles. The topological polar surface area (TPSA) is 50.5 Å². The van der Waals surface area contributed by atoms with Crippen LogP contribution in [0, 0.1) is 25.1 Å². The quantitative estimate of drug-likeness (QED) is 0.593.